The Morgan fingerprint density at radius 2 is 2.19 bits per heavy atom. The van der Waals surface area contributed by atoms with Crippen LogP contribution in [-0.2, 0) is 27.1 Å². The average Bonchev–Trinajstić information content (AvgIpc) is 3.59. The third-order valence-corrected chi connectivity index (χ3v) is 8.83. The van der Waals surface area contributed by atoms with Gasteiger partial charge in [0.1, 0.15) is 11.9 Å². The first kappa shape index (κ1) is 21.9. The van der Waals surface area contributed by atoms with E-state index in [9.17, 15) is 9.59 Å². The van der Waals surface area contributed by atoms with Gasteiger partial charge in [0, 0.05) is 19.1 Å². The molecule has 2 aliphatic heterocycles. The number of carbonyl (C=O) groups is 2. The minimum absolute atomic E-state index is 0.0546. The minimum Gasteiger partial charge on any atom is -0.453 e. The molecule has 8 nitrogen and oxygen atoms in total. The van der Waals surface area contributed by atoms with Gasteiger partial charge in [-0.1, -0.05) is 0 Å². The number of H-pyrrole nitrogens is 1. The van der Waals surface area contributed by atoms with E-state index in [0.29, 0.717) is 19.8 Å². The summed E-state index contributed by atoms with van der Waals surface area (Å²) in [6.07, 6.45) is 7.19. The van der Waals surface area contributed by atoms with E-state index in [4.69, 9.17) is 9.47 Å². The fraction of sp³-hybridized carbons (Fsp3) is 0.591. The number of aromatic nitrogens is 2. The van der Waals surface area contributed by atoms with Crippen molar-refractivity contribution in [3.8, 4) is 10.6 Å². The number of carbonyl (C=O) groups excluding carboxylic acids is 2. The van der Waals surface area contributed by atoms with Gasteiger partial charge in [-0.3, -0.25) is 4.79 Å². The molecule has 0 bridgehead atoms. The summed E-state index contributed by atoms with van der Waals surface area (Å²) in [6.45, 7) is 1.71. The number of amides is 2. The van der Waals surface area contributed by atoms with Crippen molar-refractivity contribution in [3.05, 3.63) is 26.9 Å². The largest absolute Gasteiger partial charge is 0.453 e. The van der Waals surface area contributed by atoms with Gasteiger partial charge in [-0.15, -0.1) is 11.3 Å². The van der Waals surface area contributed by atoms with Crippen molar-refractivity contribution in [1.29, 1.82) is 0 Å². The summed E-state index contributed by atoms with van der Waals surface area (Å²) in [7, 11) is 1.31. The summed E-state index contributed by atoms with van der Waals surface area (Å²) in [5.74, 6) is 0.661. The molecule has 2 fully saturated rings. The van der Waals surface area contributed by atoms with Crippen molar-refractivity contribution < 1.29 is 19.1 Å². The molecular weight excluding hydrogens is 496 g/mol. The summed E-state index contributed by atoms with van der Waals surface area (Å²) >= 11 is 5.47. The van der Waals surface area contributed by atoms with Crippen LogP contribution in [0.1, 0.15) is 48.7 Å². The number of halogens is 1. The Hall–Kier alpha value is -1.91. The standard InChI is InChI=1S/C22H27BrN4O4S/c1-30-22(29)26-17(12-7-9-31-11-12)21(28)27-8-3-6-16(27)20-24-10-15(25-20)18-13-4-2-5-14(13)19(23)32-18/h10,12,16-17H,2-9,11H2,1H3,(H,24,25)(H,26,29)/t12?,16-,17?/m0/s1. The van der Waals surface area contributed by atoms with Gasteiger partial charge < -0.3 is 24.7 Å². The highest BCUT2D eigenvalue weighted by molar-refractivity contribution is 9.11. The maximum Gasteiger partial charge on any atom is 0.407 e. The lowest BCUT2D eigenvalue weighted by molar-refractivity contribution is -0.135. The second-order valence-electron chi connectivity index (χ2n) is 8.62. The fourth-order valence-electron chi connectivity index (χ4n) is 5.14. The Balaban J connectivity index is 1.38. The van der Waals surface area contributed by atoms with Crippen molar-refractivity contribution >= 4 is 39.3 Å². The Labute approximate surface area is 199 Å². The molecule has 2 amide bonds. The summed E-state index contributed by atoms with van der Waals surface area (Å²) in [5.41, 5.74) is 3.86. The highest BCUT2D eigenvalue weighted by Gasteiger charge is 2.40. The van der Waals surface area contributed by atoms with Gasteiger partial charge in [-0.05, 0) is 65.6 Å². The number of methoxy groups -OCH3 is 1. The van der Waals surface area contributed by atoms with Gasteiger partial charge in [0.15, 0.2) is 0 Å². The molecule has 32 heavy (non-hydrogen) atoms. The quantitative estimate of drug-likeness (QED) is 0.622. The van der Waals surface area contributed by atoms with E-state index in [1.807, 2.05) is 11.1 Å². The van der Waals surface area contributed by atoms with Crippen LogP contribution < -0.4 is 5.32 Å². The molecule has 3 atom stereocenters. The number of thiophene rings is 1. The number of likely N-dealkylation sites (tertiary alicyclic amines) is 1. The highest BCUT2D eigenvalue weighted by atomic mass is 79.9. The minimum atomic E-state index is -0.656. The molecule has 4 heterocycles. The number of fused-ring (bicyclic) bond motifs is 1. The first-order chi connectivity index (χ1) is 15.6. The normalized spacial score (nSPS) is 23.4. The molecule has 0 spiro atoms. The van der Waals surface area contributed by atoms with Crippen LogP contribution in [0.25, 0.3) is 10.6 Å². The van der Waals surface area contributed by atoms with E-state index in [1.54, 1.807) is 11.3 Å². The van der Waals surface area contributed by atoms with Crippen LogP contribution in [-0.4, -0.2) is 59.8 Å². The van der Waals surface area contributed by atoms with E-state index < -0.39 is 12.1 Å². The molecule has 172 valence electrons. The van der Waals surface area contributed by atoms with E-state index in [2.05, 4.69) is 31.2 Å². The zero-order chi connectivity index (χ0) is 22.2. The molecule has 2 aromatic rings. The topological polar surface area (TPSA) is 96.5 Å². The van der Waals surface area contributed by atoms with Gasteiger partial charge in [0.05, 0.1) is 40.3 Å². The Bertz CT molecular complexity index is 1020. The number of hydrogen-bond acceptors (Lipinski definition) is 6. The van der Waals surface area contributed by atoms with E-state index in [0.717, 1.165) is 43.6 Å². The molecule has 0 saturated carbocycles. The lowest BCUT2D eigenvalue weighted by Crippen LogP contribution is -2.52. The Kier molecular flexibility index (Phi) is 6.26. The van der Waals surface area contributed by atoms with Crippen molar-refractivity contribution in [2.45, 2.75) is 50.6 Å². The molecule has 0 radical (unpaired) electrons. The van der Waals surface area contributed by atoms with Crippen LogP contribution in [0.3, 0.4) is 0 Å². The third-order valence-electron chi connectivity index (χ3n) is 6.77. The van der Waals surface area contributed by atoms with Gasteiger partial charge in [-0.25, -0.2) is 9.78 Å². The number of nitrogens with one attached hydrogen (secondary N) is 2. The maximum atomic E-state index is 13.6. The fourth-order valence-corrected chi connectivity index (χ4v) is 7.15. The number of aromatic amines is 1. The van der Waals surface area contributed by atoms with Crippen LogP contribution in [0.5, 0.6) is 0 Å². The molecular formula is C22H27BrN4O4S. The number of imidazole rings is 1. The predicted octanol–water partition coefficient (Wildman–Crippen LogP) is 3.81. The van der Waals surface area contributed by atoms with E-state index in [1.165, 1.54) is 33.3 Å². The second-order valence-corrected chi connectivity index (χ2v) is 11.0. The molecule has 1 aliphatic carbocycles. The first-order valence-electron chi connectivity index (χ1n) is 11.1. The molecule has 2 aromatic heterocycles. The van der Waals surface area contributed by atoms with Crippen LogP contribution in [0, 0.1) is 5.92 Å². The molecule has 2 N–H and O–H groups in total. The van der Waals surface area contributed by atoms with Crippen molar-refractivity contribution in [2.24, 2.45) is 5.92 Å². The zero-order valence-corrected chi connectivity index (χ0v) is 20.4. The summed E-state index contributed by atoms with van der Waals surface area (Å²) in [5, 5.41) is 2.75. The third kappa shape index (κ3) is 3.97. The van der Waals surface area contributed by atoms with Crippen LogP contribution >= 0.6 is 27.3 Å². The van der Waals surface area contributed by atoms with E-state index >= 15 is 0 Å². The van der Waals surface area contributed by atoms with Crippen molar-refractivity contribution in [1.82, 2.24) is 20.2 Å². The number of hydrogen-bond donors (Lipinski definition) is 2. The summed E-state index contributed by atoms with van der Waals surface area (Å²) in [4.78, 5) is 36.8. The van der Waals surface area contributed by atoms with Gasteiger partial charge in [0.2, 0.25) is 5.91 Å². The van der Waals surface area contributed by atoms with Crippen LogP contribution in [0.15, 0.2) is 9.98 Å². The zero-order valence-electron chi connectivity index (χ0n) is 18.0. The van der Waals surface area contributed by atoms with Gasteiger partial charge in [-0.2, -0.15) is 0 Å². The van der Waals surface area contributed by atoms with Crippen LogP contribution in [0.4, 0.5) is 4.79 Å². The van der Waals surface area contributed by atoms with Crippen LogP contribution in [0.2, 0.25) is 0 Å². The number of nitrogens with zero attached hydrogens (tertiary/aromatic N) is 2. The van der Waals surface area contributed by atoms with Gasteiger partial charge in [0.25, 0.3) is 0 Å². The molecule has 2 unspecified atom stereocenters. The van der Waals surface area contributed by atoms with Crippen molar-refractivity contribution in [3.63, 3.8) is 0 Å². The second kappa shape index (κ2) is 9.15. The molecule has 5 rings (SSSR count). The smallest absolute Gasteiger partial charge is 0.407 e. The SMILES string of the molecule is COC(=O)NC(C(=O)N1CCC[C@H]1c1ncc(-c2sc(Br)c3c2CCC3)[nH]1)C1CCOC1. The molecule has 0 aromatic carbocycles. The Morgan fingerprint density at radius 1 is 1.34 bits per heavy atom. The Morgan fingerprint density at radius 3 is 2.97 bits per heavy atom. The molecule has 2 saturated heterocycles. The lowest BCUT2D eigenvalue weighted by atomic mass is 9.97. The maximum absolute atomic E-state index is 13.6. The van der Waals surface area contributed by atoms with Gasteiger partial charge >= 0.3 is 6.09 Å². The van der Waals surface area contributed by atoms with Crippen molar-refractivity contribution in [2.75, 3.05) is 26.9 Å². The monoisotopic (exact) mass is 522 g/mol. The molecule has 10 heteroatoms. The molecule has 3 aliphatic rings. The lowest BCUT2D eigenvalue weighted by Gasteiger charge is -2.30. The highest BCUT2D eigenvalue weighted by Crippen LogP contribution is 2.44. The number of alkyl carbamates (subject to hydrolysis) is 1. The first-order valence-corrected chi connectivity index (χ1v) is 12.8. The number of ether oxygens (including phenoxy) is 2. The predicted molar refractivity (Wildman–Crippen MR) is 124 cm³/mol. The average molecular weight is 523 g/mol. The number of rotatable bonds is 5. The summed E-state index contributed by atoms with van der Waals surface area (Å²) < 4.78 is 11.5. The van der Waals surface area contributed by atoms with E-state index in [-0.39, 0.29) is 17.9 Å². The summed E-state index contributed by atoms with van der Waals surface area (Å²) in [6, 6.07) is -0.784.